The fraction of sp³-hybridized carbons (Fsp3) is 0.278. The van der Waals surface area contributed by atoms with Gasteiger partial charge >= 0.3 is 0 Å². The van der Waals surface area contributed by atoms with E-state index in [9.17, 15) is 13.2 Å². The molecule has 3 N–H and O–H groups in total. The van der Waals surface area contributed by atoms with Gasteiger partial charge in [0.2, 0.25) is 15.9 Å². The van der Waals surface area contributed by atoms with Gasteiger partial charge in [-0.1, -0.05) is 30.3 Å². The van der Waals surface area contributed by atoms with Gasteiger partial charge in [-0.05, 0) is 55.2 Å². The monoisotopic (exact) mass is 346 g/mol. The van der Waals surface area contributed by atoms with E-state index >= 15 is 0 Å². The average Bonchev–Trinajstić information content (AvgIpc) is 2.50. The molecular weight excluding hydrogens is 324 g/mol. The van der Waals surface area contributed by atoms with Crippen LogP contribution in [0.4, 0.5) is 0 Å². The number of sulfonamides is 1. The summed E-state index contributed by atoms with van der Waals surface area (Å²) in [5, 5.41) is 8.02. The molecule has 0 fully saturated rings. The van der Waals surface area contributed by atoms with Crippen molar-refractivity contribution in [2.45, 2.75) is 38.1 Å². The summed E-state index contributed by atoms with van der Waals surface area (Å²) in [7, 11) is -3.76. The number of hydrogen-bond donors (Lipinski definition) is 2. The molecule has 2 rings (SSSR count). The zero-order valence-corrected chi connectivity index (χ0v) is 14.9. The van der Waals surface area contributed by atoms with Crippen molar-refractivity contribution in [2.24, 2.45) is 5.14 Å². The largest absolute Gasteiger partial charge is 0.349 e. The highest BCUT2D eigenvalue weighted by atomic mass is 32.2. The Morgan fingerprint density at radius 1 is 1.12 bits per heavy atom. The van der Waals surface area contributed by atoms with Gasteiger partial charge in [-0.25, -0.2) is 13.6 Å². The Bertz CT molecular complexity index is 860. The Morgan fingerprint density at radius 3 is 2.46 bits per heavy atom. The zero-order valence-electron chi connectivity index (χ0n) is 14.0. The van der Waals surface area contributed by atoms with Gasteiger partial charge in [-0.2, -0.15) is 0 Å². The summed E-state index contributed by atoms with van der Waals surface area (Å²) in [6, 6.07) is 11.9. The van der Waals surface area contributed by atoms with Crippen molar-refractivity contribution >= 4 is 15.9 Å². The number of benzene rings is 2. The van der Waals surface area contributed by atoms with Crippen molar-refractivity contribution in [1.29, 1.82) is 0 Å². The van der Waals surface area contributed by atoms with Crippen molar-refractivity contribution < 1.29 is 13.2 Å². The van der Waals surface area contributed by atoms with Gasteiger partial charge < -0.3 is 5.32 Å². The Balaban J connectivity index is 2.07. The van der Waals surface area contributed by atoms with Crippen LogP contribution in [-0.2, 0) is 21.2 Å². The van der Waals surface area contributed by atoms with Crippen molar-refractivity contribution in [3.05, 3.63) is 64.7 Å². The van der Waals surface area contributed by atoms with E-state index in [0.29, 0.717) is 5.56 Å². The molecule has 0 heterocycles. The first-order valence-electron chi connectivity index (χ1n) is 7.65. The Morgan fingerprint density at radius 2 is 1.83 bits per heavy atom. The summed E-state index contributed by atoms with van der Waals surface area (Å²) in [5.74, 6) is -0.119. The smallest absolute Gasteiger partial charge is 0.238 e. The molecule has 128 valence electrons. The minimum Gasteiger partial charge on any atom is -0.349 e. The summed E-state index contributed by atoms with van der Waals surface area (Å²) in [5.41, 5.74) is 3.97. The molecule has 1 amide bonds. The lowest BCUT2D eigenvalue weighted by atomic mass is 10.0. The maximum Gasteiger partial charge on any atom is 0.238 e. The van der Waals surface area contributed by atoms with E-state index in [1.54, 1.807) is 19.1 Å². The number of carbonyl (C=O) groups excluding carboxylic acids is 1. The topological polar surface area (TPSA) is 89.3 Å². The van der Waals surface area contributed by atoms with Crippen molar-refractivity contribution in [3.8, 4) is 0 Å². The summed E-state index contributed by atoms with van der Waals surface area (Å²) in [4.78, 5) is 12.3. The second-order valence-corrected chi connectivity index (χ2v) is 7.56. The van der Waals surface area contributed by atoms with Crippen LogP contribution in [-0.4, -0.2) is 14.3 Å². The summed E-state index contributed by atoms with van der Waals surface area (Å²) >= 11 is 0. The minimum atomic E-state index is -3.76. The maximum atomic E-state index is 12.2. The van der Waals surface area contributed by atoms with Crippen molar-refractivity contribution in [2.75, 3.05) is 0 Å². The third kappa shape index (κ3) is 4.66. The molecule has 0 aliphatic rings. The fourth-order valence-electron chi connectivity index (χ4n) is 2.44. The molecule has 0 radical (unpaired) electrons. The molecule has 2 aromatic rings. The average molecular weight is 346 g/mol. The second-order valence-electron chi connectivity index (χ2n) is 6.00. The molecule has 5 nitrogen and oxygen atoms in total. The van der Waals surface area contributed by atoms with Gasteiger partial charge in [0.15, 0.2) is 0 Å². The molecule has 0 aliphatic heterocycles. The van der Waals surface area contributed by atoms with E-state index in [1.807, 2.05) is 32.0 Å². The van der Waals surface area contributed by atoms with Gasteiger partial charge in [0.25, 0.3) is 0 Å². The number of carbonyl (C=O) groups is 1. The third-order valence-electron chi connectivity index (χ3n) is 4.00. The lowest BCUT2D eigenvalue weighted by Gasteiger charge is -2.15. The fourth-order valence-corrected chi connectivity index (χ4v) is 3.00. The number of nitrogens with two attached hydrogens (primary N) is 1. The highest BCUT2D eigenvalue weighted by Gasteiger charge is 2.14. The first kappa shape index (κ1) is 18.2. The van der Waals surface area contributed by atoms with Crippen LogP contribution < -0.4 is 10.5 Å². The van der Waals surface area contributed by atoms with E-state index in [1.165, 1.54) is 17.7 Å². The number of rotatable bonds is 5. The van der Waals surface area contributed by atoms with Crippen LogP contribution in [0.5, 0.6) is 0 Å². The maximum absolute atomic E-state index is 12.2. The Labute approximate surface area is 142 Å². The highest BCUT2D eigenvalue weighted by Crippen LogP contribution is 2.17. The summed E-state index contributed by atoms with van der Waals surface area (Å²) in [6.45, 7) is 5.85. The lowest BCUT2D eigenvalue weighted by Crippen LogP contribution is -2.28. The standard InChI is InChI=1S/C18H22N2O3S/c1-12-7-8-15(9-13(12)2)10-18(21)20-14(3)16-5-4-6-17(11-16)24(19,22)23/h4-9,11,14H,10H2,1-3H3,(H,20,21)(H2,19,22,23)/t14-/m1/s1. The minimum absolute atomic E-state index is 0.0373. The highest BCUT2D eigenvalue weighted by molar-refractivity contribution is 7.89. The van der Waals surface area contributed by atoms with Crippen LogP contribution in [0.1, 0.15) is 35.2 Å². The van der Waals surface area contributed by atoms with E-state index in [2.05, 4.69) is 5.32 Å². The van der Waals surface area contributed by atoms with Crippen LogP contribution in [0.15, 0.2) is 47.4 Å². The molecule has 0 bridgehead atoms. The van der Waals surface area contributed by atoms with Gasteiger partial charge in [0, 0.05) is 0 Å². The third-order valence-corrected chi connectivity index (χ3v) is 4.91. The number of nitrogens with one attached hydrogen (secondary N) is 1. The predicted octanol–water partition coefficient (Wildman–Crippen LogP) is 2.37. The first-order chi connectivity index (χ1) is 11.2. The van der Waals surface area contributed by atoms with E-state index in [-0.39, 0.29) is 23.3 Å². The van der Waals surface area contributed by atoms with Crippen LogP contribution in [0.25, 0.3) is 0 Å². The molecule has 0 spiro atoms. The first-order valence-corrected chi connectivity index (χ1v) is 9.19. The molecule has 0 saturated carbocycles. The van der Waals surface area contributed by atoms with Crippen LogP contribution in [0.3, 0.4) is 0 Å². The van der Waals surface area contributed by atoms with Crippen LogP contribution in [0, 0.1) is 13.8 Å². The van der Waals surface area contributed by atoms with Gasteiger partial charge in [0.1, 0.15) is 0 Å². The van der Waals surface area contributed by atoms with Crippen LogP contribution >= 0.6 is 0 Å². The van der Waals surface area contributed by atoms with E-state index in [4.69, 9.17) is 5.14 Å². The quantitative estimate of drug-likeness (QED) is 0.871. The van der Waals surface area contributed by atoms with E-state index in [0.717, 1.165) is 11.1 Å². The molecule has 6 heteroatoms. The molecular formula is C18H22N2O3S. The molecule has 0 aliphatic carbocycles. The van der Waals surface area contributed by atoms with Gasteiger partial charge in [-0.15, -0.1) is 0 Å². The van der Waals surface area contributed by atoms with Gasteiger partial charge in [-0.3, -0.25) is 4.79 Å². The van der Waals surface area contributed by atoms with Crippen LogP contribution in [0.2, 0.25) is 0 Å². The second kappa shape index (κ2) is 7.15. The number of primary sulfonamides is 1. The Kier molecular flexibility index (Phi) is 5.41. The number of hydrogen-bond acceptors (Lipinski definition) is 3. The molecule has 1 atom stereocenters. The lowest BCUT2D eigenvalue weighted by molar-refractivity contribution is -0.121. The normalized spacial score (nSPS) is 12.7. The van der Waals surface area contributed by atoms with E-state index < -0.39 is 10.0 Å². The number of amides is 1. The SMILES string of the molecule is Cc1ccc(CC(=O)N[C@H](C)c2cccc(S(N)(=O)=O)c2)cc1C. The number of aryl methyl sites for hydroxylation is 2. The van der Waals surface area contributed by atoms with Gasteiger partial charge in [0.05, 0.1) is 17.4 Å². The molecule has 0 aromatic heterocycles. The summed E-state index contributed by atoms with van der Waals surface area (Å²) < 4.78 is 22.8. The molecule has 2 aromatic carbocycles. The Hall–Kier alpha value is -2.18. The predicted molar refractivity (Wildman–Crippen MR) is 94.0 cm³/mol. The summed E-state index contributed by atoms with van der Waals surface area (Å²) in [6.07, 6.45) is 0.278. The van der Waals surface area contributed by atoms with Crippen molar-refractivity contribution in [1.82, 2.24) is 5.32 Å². The zero-order chi connectivity index (χ0) is 17.9. The van der Waals surface area contributed by atoms with Crippen molar-refractivity contribution in [3.63, 3.8) is 0 Å². The molecule has 0 saturated heterocycles. The molecule has 0 unspecified atom stereocenters. The molecule has 24 heavy (non-hydrogen) atoms.